The van der Waals surface area contributed by atoms with Crippen LogP contribution in [-0.4, -0.2) is 23.7 Å². The molecule has 0 bridgehead atoms. The van der Waals surface area contributed by atoms with Gasteiger partial charge in [-0.15, -0.1) is 0 Å². The minimum absolute atomic E-state index is 0.0325. The second-order valence-corrected chi connectivity index (χ2v) is 5.25. The van der Waals surface area contributed by atoms with Gasteiger partial charge in [0.05, 0.1) is 24.3 Å². The van der Waals surface area contributed by atoms with Crippen molar-refractivity contribution in [1.82, 2.24) is 9.55 Å². The molecule has 0 spiro atoms. The first-order valence-electron chi connectivity index (χ1n) is 7.52. The molecular formula is C18H19N3O2. The van der Waals surface area contributed by atoms with E-state index in [4.69, 9.17) is 4.74 Å². The molecule has 118 valence electrons. The summed E-state index contributed by atoms with van der Waals surface area (Å²) in [5.41, 5.74) is 2.54. The second-order valence-electron chi connectivity index (χ2n) is 5.25. The Kier molecular flexibility index (Phi) is 4.28. The van der Waals surface area contributed by atoms with Gasteiger partial charge >= 0.3 is 0 Å². The molecule has 1 aromatic heterocycles. The molecule has 1 heterocycles. The molecule has 0 fully saturated rings. The van der Waals surface area contributed by atoms with E-state index in [1.54, 1.807) is 25.1 Å². The van der Waals surface area contributed by atoms with Crippen LogP contribution in [0.2, 0.25) is 0 Å². The third kappa shape index (κ3) is 2.90. The summed E-state index contributed by atoms with van der Waals surface area (Å²) in [4.78, 5) is 17.1. The van der Waals surface area contributed by atoms with Crippen LogP contribution in [0.1, 0.15) is 5.56 Å². The molecule has 0 atom stereocenters. The number of nitrogens with zero attached hydrogens (tertiary/aromatic N) is 2. The Morgan fingerprint density at radius 2 is 2.00 bits per heavy atom. The van der Waals surface area contributed by atoms with E-state index in [2.05, 4.69) is 10.3 Å². The predicted octanol–water partition coefficient (Wildman–Crippen LogP) is 2.69. The summed E-state index contributed by atoms with van der Waals surface area (Å²) in [5, 5.41) is 3.68. The topological polar surface area (TPSA) is 56.1 Å². The number of methoxy groups -OCH3 is 1. The van der Waals surface area contributed by atoms with Gasteiger partial charge < -0.3 is 10.1 Å². The zero-order chi connectivity index (χ0) is 16.2. The summed E-state index contributed by atoms with van der Waals surface area (Å²) in [6.07, 6.45) is 2.32. The van der Waals surface area contributed by atoms with Gasteiger partial charge in [0.15, 0.2) is 0 Å². The number of aromatic nitrogens is 2. The van der Waals surface area contributed by atoms with Crippen LogP contribution in [0, 0.1) is 0 Å². The Morgan fingerprint density at radius 1 is 1.17 bits per heavy atom. The molecular weight excluding hydrogens is 290 g/mol. The smallest absolute Gasteiger partial charge is 0.263 e. The molecule has 23 heavy (non-hydrogen) atoms. The number of rotatable bonds is 5. The first kappa shape index (κ1) is 15.1. The van der Waals surface area contributed by atoms with Crippen molar-refractivity contribution in [2.45, 2.75) is 13.0 Å². The van der Waals surface area contributed by atoms with Gasteiger partial charge in [0.2, 0.25) is 0 Å². The van der Waals surface area contributed by atoms with Crippen LogP contribution in [0.5, 0.6) is 5.75 Å². The van der Waals surface area contributed by atoms with Crippen molar-refractivity contribution >= 4 is 16.6 Å². The van der Waals surface area contributed by atoms with Crippen molar-refractivity contribution < 1.29 is 4.74 Å². The van der Waals surface area contributed by atoms with E-state index in [1.165, 1.54) is 0 Å². The van der Waals surface area contributed by atoms with Crippen molar-refractivity contribution in [3.05, 3.63) is 64.7 Å². The van der Waals surface area contributed by atoms with Crippen molar-refractivity contribution in [2.24, 2.45) is 0 Å². The molecule has 0 aliphatic rings. The summed E-state index contributed by atoms with van der Waals surface area (Å²) >= 11 is 0. The lowest BCUT2D eigenvalue weighted by molar-refractivity contribution is 0.408. The highest BCUT2D eigenvalue weighted by atomic mass is 16.5. The van der Waals surface area contributed by atoms with E-state index in [0.717, 1.165) is 17.0 Å². The van der Waals surface area contributed by atoms with E-state index in [9.17, 15) is 4.79 Å². The maximum atomic E-state index is 12.7. The molecule has 1 N–H and O–H groups in total. The maximum Gasteiger partial charge on any atom is 0.263 e. The van der Waals surface area contributed by atoms with Crippen LogP contribution in [0.15, 0.2) is 53.6 Å². The number of anilines is 1. The van der Waals surface area contributed by atoms with E-state index >= 15 is 0 Å². The zero-order valence-corrected chi connectivity index (χ0v) is 13.2. The van der Waals surface area contributed by atoms with E-state index < -0.39 is 0 Å². The van der Waals surface area contributed by atoms with Gasteiger partial charge in [-0.05, 0) is 30.2 Å². The molecule has 3 aromatic rings. The monoisotopic (exact) mass is 309 g/mol. The molecule has 3 rings (SSSR count). The van der Waals surface area contributed by atoms with Crippen LogP contribution < -0.4 is 15.6 Å². The normalized spacial score (nSPS) is 10.7. The van der Waals surface area contributed by atoms with Crippen LogP contribution in [-0.2, 0) is 13.0 Å². The zero-order valence-electron chi connectivity index (χ0n) is 13.2. The van der Waals surface area contributed by atoms with Crippen LogP contribution in [0.4, 0.5) is 5.69 Å². The molecule has 0 radical (unpaired) electrons. The number of fused-ring (bicyclic) bond motifs is 1. The van der Waals surface area contributed by atoms with Crippen molar-refractivity contribution in [1.29, 1.82) is 0 Å². The number of nitrogens with one attached hydrogen (secondary N) is 1. The Morgan fingerprint density at radius 3 is 2.78 bits per heavy atom. The molecule has 2 aromatic carbocycles. The first-order chi connectivity index (χ1) is 11.2. The predicted molar refractivity (Wildman–Crippen MR) is 92.2 cm³/mol. The molecule has 5 nitrogen and oxygen atoms in total. The van der Waals surface area contributed by atoms with Crippen LogP contribution in [0.25, 0.3) is 10.9 Å². The summed E-state index contributed by atoms with van der Waals surface area (Å²) in [6.45, 7) is 0.556. The van der Waals surface area contributed by atoms with E-state index in [-0.39, 0.29) is 5.56 Å². The summed E-state index contributed by atoms with van der Waals surface area (Å²) < 4.78 is 7.01. The Bertz CT molecular complexity index is 887. The fourth-order valence-corrected chi connectivity index (χ4v) is 2.72. The summed E-state index contributed by atoms with van der Waals surface area (Å²) in [6, 6.07) is 13.5. The third-order valence-corrected chi connectivity index (χ3v) is 3.94. The van der Waals surface area contributed by atoms with Crippen molar-refractivity contribution in [3.8, 4) is 5.75 Å². The number of aryl methyl sites for hydroxylation is 2. The number of para-hydroxylation sites is 1. The van der Waals surface area contributed by atoms with Crippen molar-refractivity contribution in [2.75, 3.05) is 19.5 Å². The third-order valence-electron chi connectivity index (χ3n) is 3.94. The molecule has 0 unspecified atom stereocenters. The number of hydrogen-bond acceptors (Lipinski definition) is 4. The lowest BCUT2D eigenvalue weighted by Gasteiger charge is -2.11. The Balaban J connectivity index is 1.95. The molecule has 0 amide bonds. The molecule has 0 aliphatic heterocycles. The highest BCUT2D eigenvalue weighted by molar-refractivity contribution is 5.90. The molecule has 0 aliphatic carbocycles. The van der Waals surface area contributed by atoms with Gasteiger partial charge in [0.1, 0.15) is 5.75 Å². The Hall–Kier alpha value is -2.82. The Labute approximate surface area is 134 Å². The average Bonchev–Trinajstić information content (AvgIpc) is 2.61. The minimum Gasteiger partial charge on any atom is -0.496 e. The standard InChI is InChI=1S/C18H19N3O2/c1-19-14-7-5-8-15-17(14)18(22)21(12-20-15)11-10-13-6-3-4-9-16(13)23-2/h3-9,12,19H,10-11H2,1-2H3. The fraction of sp³-hybridized carbons (Fsp3) is 0.222. The lowest BCUT2D eigenvalue weighted by atomic mass is 10.1. The van der Waals surface area contributed by atoms with Crippen molar-refractivity contribution in [3.63, 3.8) is 0 Å². The van der Waals surface area contributed by atoms with Gasteiger partial charge in [-0.1, -0.05) is 24.3 Å². The van der Waals surface area contributed by atoms with E-state index in [0.29, 0.717) is 23.9 Å². The minimum atomic E-state index is -0.0325. The lowest BCUT2D eigenvalue weighted by Crippen LogP contribution is -2.22. The quantitative estimate of drug-likeness (QED) is 0.787. The molecule has 0 saturated carbocycles. The first-order valence-corrected chi connectivity index (χ1v) is 7.52. The highest BCUT2D eigenvalue weighted by Gasteiger charge is 2.09. The highest BCUT2D eigenvalue weighted by Crippen LogP contribution is 2.19. The van der Waals surface area contributed by atoms with Gasteiger partial charge in [-0.2, -0.15) is 0 Å². The second kappa shape index (κ2) is 6.52. The largest absolute Gasteiger partial charge is 0.496 e. The summed E-state index contributed by atoms with van der Waals surface area (Å²) in [5.74, 6) is 0.838. The van der Waals surface area contributed by atoms with Crippen LogP contribution in [0.3, 0.4) is 0 Å². The number of ether oxygens (including phenoxy) is 1. The average molecular weight is 309 g/mol. The van der Waals surface area contributed by atoms with E-state index in [1.807, 2.05) is 42.5 Å². The SMILES string of the molecule is CNc1cccc2ncn(CCc3ccccc3OC)c(=O)c12. The van der Waals surface area contributed by atoms with Gasteiger partial charge in [0.25, 0.3) is 5.56 Å². The van der Waals surface area contributed by atoms with Gasteiger partial charge in [-0.25, -0.2) is 4.98 Å². The number of hydrogen-bond donors (Lipinski definition) is 1. The van der Waals surface area contributed by atoms with Crippen LogP contribution >= 0.6 is 0 Å². The maximum absolute atomic E-state index is 12.7. The molecule has 0 saturated heterocycles. The fourth-order valence-electron chi connectivity index (χ4n) is 2.72. The molecule has 5 heteroatoms. The van der Waals surface area contributed by atoms with Gasteiger partial charge in [-0.3, -0.25) is 9.36 Å². The number of benzene rings is 2. The van der Waals surface area contributed by atoms with Gasteiger partial charge in [0, 0.05) is 19.3 Å². The summed E-state index contributed by atoms with van der Waals surface area (Å²) in [7, 11) is 3.46.